The van der Waals surface area contributed by atoms with Gasteiger partial charge in [-0.05, 0) is 47.5 Å². The molecule has 0 aliphatic carbocycles. The molecule has 0 N–H and O–H groups in total. The molecule has 0 saturated carbocycles. The van der Waals surface area contributed by atoms with Crippen molar-refractivity contribution in [1.29, 1.82) is 0 Å². The number of thiophene rings is 2. The fraction of sp³-hybridized carbons (Fsp3) is 0.0833. The summed E-state index contributed by atoms with van der Waals surface area (Å²) in [6, 6.07) is 17.9. The van der Waals surface area contributed by atoms with E-state index in [9.17, 15) is 0 Å². The minimum Gasteiger partial charge on any atom is -0.126 e. The molecule has 122 valence electrons. The van der Waals surface area contributed by atoms with Gasteiger partial charge in [-0.1, -0.05) is 48.2 Å². The number of hydrogen-bond donors (Lipinski definition) is 0. The molecular weight excluding hydrogens is 352 g/mol. The van der Waals surface area contributed by atoms with Gasteiger partial charge in [0.15, 0.2) is 0 Å². The van der Waals surface area contributed by atoms with E-state index in [1.807, 2.05) is 13.8 Å². The fourth-order valence-electron chi connectivity index (χ4n) is 3.59. The summed E-state index contributed by atoms with van der Waals surface area (Å²) in [5, 5.41) is 7.80. The molecule has 5 rings (SSSR count). The first-order valence-corrected chi connectivity index (χ1v) is 10.1. The summed E-state index contributed by atoms with van der Waals surface area (Å²) in [7, 11) is 0. The normalized spacial score (nSPS) is 10.8. The van der Waals surface area contributed by atoms with E-state index in [-0.39, 0.29) is 0 Å². The lowest BCUT2D eigenvalue weighted by molar-refractivity contribution is 1.86. The van der Waals surface area contributed by atoms with Crippen LogP contribution >= 0.6 is 22.7 Å². The average Bonchev–Trinajstić information content (AvgIpc) is 3.24. The Hall–Kier alpha value is -2.78. The maximum absolute atomic E-state index is 3.20. The van der Waals surface area contributed by atoms with Crippen LogP contribution in [-0.2, 0) is 0 Å². The number of benzene rings is 3. The molecule has 0 aliphatic heterocycles. The molecule has 0 amide bonds. The van der Waals surface area contributed by atoms with Crippen molar-refractivity contribution in [3.63, 3.8) is 0 Å². The summed E-state index contributed by atoms with van der Waals surface area (Å²) in [5.41, 5.74) is 0. The summed E-state index contributed by atoms with van der Waals surface area (Å²) < 4.78 is 2.65. The van der Waals surface area contributed by atoms with Crippen LogP contribution in [0.2, 0.25) is 0 Å². The standard InChI is InChI=1S/C24H14S2/c1-3-5-17-13-15-7-9-19-20-10-8-16-14-18(6-4-2)26-24(16)22(20)12-11-21(19)23(15)25-17/h7-14H,1-2H3. The molecule has 2 aromatic heterocycles. The first kappa shape index (κ1) is 15.5. The van der Waals surface area contributed by atoms with Crippen LogP contribution in [0.1, 0.15) is 23.6 Å². The average molecular weight is 367 g/mol. The van der Waals surface area contributed by atoms with Gasteiger partial charge in [-0.25, -0.2) is 0 Å². The lowest BCUT2D eigenvalue weighted by Gasteiger charge is -2.06. The Morgan fingerprint density at radius 1 is 0.577 bits per heavy atom. The maximum Gasteiger partial charge on any atom is 0.0781 e. The van der Waals surface area contributed by atoms with Crippen molar-refractivity contribution in [1.82, 2.24) is 0 Å². The van der Waals surface area contributed by atoms with Gasteiger partial charge in [-0.2, -0.15) is 0 Å². The van der Waals surface area contributed by atoms with E-state index >= 15 is 0 Å². The third-order valence-electron chi connectivity index (χ3n) is 4.65. The molecule has 0 radical (unpaired) electrons. The second-order valence-corrected chi connectivity index (χ2v) is 8.30. The Labute approximate surface area is 160 Å². The van der Waals surface area contributed by atoms with Gasteiger partial charge in [0, 0.05) is 20.2 Å². The monoisotopic (exact) mass is 366 g/mol. The molecule has 0 unspecified atom stereocenters. The van der Waals surface area contributed by atoms with Crippen LogP contribution in [0.15, 0.2) is 48.5 Å². The van der Waals surface area contributed by atoms with Crippen molar-refractivity contribution < 1.29 is 0 Å². The summed E-state index contributed by atoms with van der Waals surface area (Å²) >= 11 is 3.57. The van der Waals surface area contributed by atoms with Crippen LogP contribution in [0.5, 0.6) is 0 Å². The van der Waals surface area contributed by atoms with Crippen molar-refractivity contribution in [2.24, 2.45) is 0 Å². The van der Waals surface area contributed by atoms with Crippen LogP contribution in [0.3, 0.4) is 0 Å². The third kappa shape index (κ3) is 2.24. The highest BCUT2D eigenvalue weighted by Gasteiger charge is 2.11. The van der Waals surface area contributed by atoms with Crippen LogP contribution in [0.25, 0.3) is 41.7 Å². The third-order valence-corrected chi connectivity index (χ3v) is 6.85. The first-order chi connectivity index (χ1) is 12.8. The topological polar surface area (TPSA) is 0 Å². The largest absolute Gasteiger partial charge is 0.126 e. The quantitative estimate of drug-likeness (QED) is 0.201. The highest BCUT2D eigenvalue weighted by Crippen LogP contribution is 2.39. The first-order valence-electron chi connectivity index (χ1n) is 8.45. The van der Waals surface area contributed by atoms with Gasteiger partial charge in [0.2, 0.25) is 0 Å². The predicted molar refractivity (Wildman–Crippen MR) is 117 cm³/mol. The summed E-state index contributed by atoms with van der Waals surface area (Å²) in [6.45, 7) is 3.78. The second-order valence-electron chi connectivity index (χ2n) is 6.19. The van der Waals surface area contributed by atoms with Gasteiger partial charge in [-0.3, -0.25) is 0 Å². The van der Waals surface area contributed by atoms with Gasteiger partial charge in [0.25, 0.3) is 0 Å². The number of fused-ring (bicyclic) bond motifs is 7. The number of hydrogen-bond acceptors (Lipinski definition) is 2. The van der Waals surface area contributed by atoms with E-state index in [1.54, 1.807) is 22.7 Å². The van der Waals surface area contributed by atoms with E-state index in [2.05, 4.69) is 72.2 Å². The lowest BCUT2D eigenvalue weighted by Crippen LogP contribution is -1.78. The van der Waals surface area contributed by atoms with Gasteiger partial charge in [-0.15, -0.1) is 34.5 Å². The Morgan fingerprint density at radius 2 is 1.00 bits per heavy atom. The lowest BCUT2D eigenvalue weighted by atomic mass is 10.00. The molecule has 2 heterocycles. The van der Waals surface area contributed by atoms with E-state index in [4.69, 9.17) is 0 Å². The molecule has 0 spiro atoms. The van der Waals surface area contributed by atoms with E-state index < -0.39 is 0 Å². The summed E-state index contributed by atoms with van der Waals surface area (Å²) in [4.78, 5) is 2.26. The molecule has 0 aliphatic rings. The molecule has 0 fully saturated rings. The van der Waals surface area contributed by atoms with Gasteiger partial charge in [0.1, 0.15) is 0 Å². The Bertz CT molecular complexity index is 1340. The number of rotatable bonds is 0. The van der Waals surface area contributed by atoms with E-state index in [0.717, 1.165) is 9.75 Å². The zero-order chi connectivity index (χ0) is 17.7. The van der Waals surface area contributed by atoms with Crippen molar-refractivity contribution >= 4 is 64.4 Å². The van der Waals surface area contributed by atoms with E-state index in [0.29, 0.717) is 0 Å². The van der Waals surface area contributed by atoms with Crippen molar-refractivity contribution in [2.45, 2.75) is 13.8 Å². The molecule has 3 aromatic carbocycles. The molecule has 5 aromatic rings. The molecule has 0 nitrogen and oxygen atoms in total. The Balaban J connectivity index is 1.88. The van der Waals surface area contributed by atoms with E-state index in [1.165, 1.54) is 41.7 Å². The summed E-state index contributed by atoms with van der Waals surface area (Å²) in [6.07, 6.45) is 0. The zero-order valence-electron chi connectivity index (χ0n) is 14.4. The minimum atomic E-state index is 1.13. The van der Waals surface area contributed by atoms with Crippen LogP contribution in [-0.4, -0.2) is 0 Å². The van der Waals surface area contributed by atoms with Crippen molar-refractivity contribution in [3.8, 4) is 23.7 Å². The van der Waals surface area contributed by atoms with Crippen LogP contribution in [0, 0.1) is 23.7 Å². The molecular formula is C24H14S2. The molecule has 0 atom stereocenters. The van der Waals surface area contributed by atoms with Crippen molar-refractivity contribution in [3.05, 3.63) is 58.3 Å². The molecule has 0 bridgehead atoms. The van der Waals surface area contributed by atoms with Gasteiger partial charge >= 0.3 is 0 Å². The van der Waals surface area contributed by atoms with Crippen LogP contribution < -0.4 is 0 Å². The Kier molecular flexibility index (Phi) is 3.50. The van der Waals surface area contributed by atoms with Crippen LogP contribution in [0.4, 0.5) is 0 Å². The fourth-order valence-corrected chi connectivity index (χ4v) is 5.77. The Morgan fingerprint density at radius 3 is 1.42 bits per heavy atom. The smallest absolute Gasteiger partial charge is 0.0781 e. The molecule has 0 saturated heterocycles. The van der Waals surface area contributed by atoms with Gasteiger partial charge < -0.3 is 0 Å². The van der Waals surface area contributed by atoms with Crippen molar-refractivity contribution in [2.75, 3.05) is 0 Å². The SMILES string of the molecule is CC#Cc1cc2ccc3c4ccc5cc(C#CC)sc5c4ccc3c2s1. The highest BCUT2D eigenvalue weighted by molar-refractivity contribution is 7.21. The predicted octanol–water partition coefficient (Wildman–Crippen LogP) is 7.17. The summed E-state index contributed by atoms with van der Waals surface area (Å²) in [5.74, 6) is 12.4. The minimum absolute atomic E-state index is 1.13. The molecule has 26 heavy (non-hydrogen) atoms. The van der Waals surface area contributed by atoms with Gasteiger partial charge in [0.05, 0.1) is 9.75 Å². The molecule has 2 heteroatoms. The highest BCUT2D eigenvalue weighted by atomic mass is 32.1. The second kappa shape index (κ2) is 5.89. The zero-order valence-corrected chi connectivity index (χ0v) is 16.1. The maximum atomic E-state index is 3.20.